The van der Waals surface area contributed by atoms with E-state index in [9.17, 15) is 0 Å². The average Bonchev–Trinajstić information content (AvgIpc) is 1.59. The first-order valence-electron chi connectivity index (χ1n) is 34.8. The third-order valence-corrected chi connectivity index (χ3v) is 24.1. The molecular weight excluding hydrogens is 1380 g/mol. The molecule has 0 spiro atoms. The zero-order chi connectivity index (χ0) is 69.8. The Hall–Kier alpha value is -13.1. The zero-order valence-corrected chi connectivity index (χ0v) is 59.3. The predicted molar refractivity (Wildman–Crippen MR) is 441 cm³/mol. The molecule has 0 atom stereocenters. The quantitative estimate of drug-likeness (QED) is 0.130. The van der Waals surface area contributed by atoms with Crippen molar-refractivity contribution in [3.8, 4) is 112 Å². The highest BCUT2D eigenvalue weighted by Crippen LogP contribution is 2.46. The third-order valence-electron chi connectivity index (χ3n) is 19.6. The van der Waals surface area contributed by atoms with Crippen LogP contribution in [-0.2, 0) is 0 Å². The number of rotatable bonds is 10. The fourth-order valence-electron chi connectivity index (χ4n) is 14.6. The Labute approximate surface area is 621 Å². The molecule has 496 valence electrons. The highest BCUT2D eigenvalue weighted by atomic mass is 32.1. The second kappa shape index (κ2) is 25.4. The Morgan fingerprint density at radius 3 is 1.13 bits per heavy atom. The molecule has 22 aromatic rings. The lowest BCUT2D eigenvalue weighted by Crippen LogP contribution is -2.00. The van der Waals surface area contributed by atoms with Gasteiger partial charge in [-0.05, 0) is 83.9 Å². The van der Waals surface area contributed by atoms with Crippen molar-refractivity contribution in [2.24, 2.45) is 0 Å². The predicted octanol–water partition coefficient (Wildman–Crippen LogP) is 26.2. The normalized spacial score (nSPS) is 11.8. The minimum Gasteiger partial charge on any atom is -0.455 e. The van der Waals surface area contributed by atoms with E-state index in [2.05, 4.69) is 218 Å². The van der Waals surface area contributed by atoms with Crippen molar-refractivity contribution in [3.63, 3.8) is 0 Å². The van der Waals surface area contributed by atoms with Gasteiger partial charge in [0.1, 0.15) is 32.3 Å². The van der Waals surface area contributed by atoms with Crippen molar-refractivity contribution < 1.29 is 8.83 Å². The van der Waals surface area contributed by atoms with Crippen molar-refractivity contribution >= 4 is 150 Å². The maximum atomic E-state index is 6.73. The number of thiazole rings is 2. The number of benzene rings is 14. The van der Waals surface area contributed by atoms with Gasteiger partial charge in [-0.3, -0.25) is 0 Å². The summed E-state index contributed by atoms with van der Waals surface area (Å²) in [5.74, 6) is 3.72. The fourth-order valence-corrected chi connectivity index (χ4v) is 18.9. The van der Waals surface area contributed by atoms with Gasteiger partial charge < -0.3 is 8.83 Å². The molecule has 14 aromatic carbocycles. The number of thiophene rings is 2. The van der Waals surface area contributed by atoms with Crippen LogP contribution < -0.4 is 0 Å². The van der Waals surface area contributed by atoms with Crippen LogP contribution in [0.15, 0.2) is 324 Å². The third kappa shape index (κ3) is 10.7. The molecule has 0 radical (unpaired) electrons. The summed E-state index contributed by atoms with van der Waals surface area (Å²) in [4.78, 5) is 40.7. The van der Waals surface area contributed by atoms with Crippen LogP contribution in [0.4, 0.5) is 0 Å². The van der Waals surface area contributed by atoms with Crippen LogP contribution in [0.2, 0.25) is 0 Å². The Morgan fingerprint density at radius 2 is 0.585 bits per heavy atom. The number of para-hydroxylation sites is 4. The summed E-state index contributed by atoms with van der Waals surface area (Å²) >= 11 is 6.98. The summed E-state index contributed by atoms with van der Waals surface area (Å²) in [6, 6.07) is 109. The van der Waals surface area contributed by atoms with E-state index in [1.54, 1.807) is 45.3 Å². The smallest absolute Gasteiger partial charge is 0.165 e. The zero-order valence-electron chi connectivity index (χ0n) is 56.0. The van der Waals surface area contributed by atoms with Crippen LogP contribution in [0, 0.1) is 0 Å². The van der Waals surface area contributed by atoms with Crippen molar-refractivity contribution in [1.82, 2.24) is 39.9 Å². The molecule has 22 rings (SSSR count). The molecule has 0 bridgehead atoms. The number of aromatic nitrogens is 8. The van der Waals surface area contributed by atoms with Gasteiger partial charge in [0.2, 0.25) is 0 Å². The minimum atomic E-state index is 0.599. The Balaban J connectivity index is 0.000000136. The van der Waals surface area contributed by atoms with Gasteiger partial charge in [-0.15, -0.1) is 45.3 Å². The second-order valence-corrected chi connectivity index (χ2v) is 30.2. The largest absolute Gasteiger partial charge is 0.455 e. The molecule has 0 aliphatic rings. The van der Waals surface area contributed by atoms with E-state index in [4.69, 9.17) is 48.7 Å². The van der Waals surface area contributed by atoms with E-state index < -0.39 is 0 Å². The summed E-state index contributed by atoms with van der Waals surface area (Å²) in [6.45, 7) is 0. The van der Waals surface area contributed by atoms with Crippen LogP contribution in [0.1, 0.15) is 0 Å². The highest BCUT2D eigenvalue weighted by Gasteiger charge is 2.24. The molecule has 106 heavy (non-hydrogen) atoms. The summed E-state index contributed by atoms with van der Waals surface area (Å²) in [7, 11) is 0. The van der Waals surface area contributed by atoms with Crippen molar-refractivity contribution in [1.29, 1.82) is 0 Å². The molecule has 8 aromatic heterocycles. The van der Waals surface area contributed by atoms with Gasteiger partial charge in [0.05, 0.1) is 20.4 Å². The van der Waals surface area contributed by atoms with Gasteiger partial charge in [0.15, 0.2) is 34.9 Å². The number of hydrogen-bond acceptors (Lipinski definition) is 14. The van der Waals surface area contributed by atoms with Crippen LogP contribution in [0.5, 0.6) is 0 Å². The summed E-state index contributed by atoms with van der Waals surface area (Å²) < 4.78 is 20.7. The summed E-state index contributed by atoms with van der Waals surface area (Å²) in [6.07, 6.45) is 0. The molecule has 0 saturated heterocycles. The standard InChI is InChI=1S/2C46H26N4OS2/c1-2-12-27(13-3-1)43-48-44(50-45(49-43)35-21-10-18-32-31-16-4-6-24-38(31)52-42(32)35)34-20-11-23-37-40(34)33-19-9-17-30(41(33)51-37)28-14-8-15-29(26-28)46-47-36-22-5-7-25-39(36)53-46;1-2-11-27(12-3-1)43-48-44(29-23-24-33-32-15-4-6-21-38(32)52-40(33)26-29)50-45(49-43)35-18-10-20-37-41(35)34-17-9-16-31(42(34)51-37)28-13-8-14-30(25-28)46-47-36-19-5-7-22-39(36)53-46/h2*1-26H. The number of nitrogens with zero attached hydrogens (tertiary/aromatic N) is 8. The molecule has 0 amide bonds. The van der Waals surface area contributed by atoms with Gasteiger partial charge in [0, 0.05) is 118 Å². The van der Waals surface area contributed by atoms with Gasteiger partial charge >= 0.3 is 0 Å². The molecule has 0 fully saturated rings. The maximum absolute atomic E-state index is 6.73. The van der Waals surface area contributed by atoms with E-state index in [-0.39, 0.29) is 0 Å². The molecular formula is C92H52N8O2S4. The SMILES string of the molecule is c1ccc(-c2nc(-c3ccc4c(c3)sc3ccccc34)nc(-c3cccc4oc5c(-c6cccc(-c7nc8ccccc8s7)c6)cccc5c34)n2)cc1.c1ccc(-c2nc(-c3cccc4c3sc3ccccc34)nc(-c3cccc4oc5c(-c6cccc(-c7nc8ccccc8s7)c6)cccc5c34)n2)cc1. The Bertz CT molecular complexity index is 7190. The summed E-state index contributed by atoms with van der Waals surface area (Å²) in [5, 5.41) is 10.9. The van der Waals surface area contributed by atoms with Crippen molar-refractivity contribution in [3.05, 3.63) is 315 Å². The topological polar surface area (TPSA) is 129 Å². The molecule has 8 heterocycles. The molecule has 0 aliphatic heterocycles. The average molecular weight is 1430 g/mol. The minimum absolute atomic E-state index is 0.599. The Morgan fingerprint density at radius 1 is 0.208 bits per heavy atom. The molecule has 0 unspecified atom stereocenters. The molecule has 14 heteroatoms. The van der Waals surface area contributed by atoms with E-state index in [1.165, 1.54) is 45.0 Å². The first kappa shape index (κ1) is 61.6. The van der Waals surface area contributed by atoms with E-state index in [1.807, 2.05) is 97.1 Å². The molecule has 0 saturated carbocycles. The first-order valence-corrected chi connectivity index (χ1v) is 38.0. The van der Waals surface area contributed by atoms with Crippen LogP contribution in [0.25, 0.3) is 216 Å². The molecule has 0 aliphatic carbocycles. The van der Waals surface area contributed by atoms with E-state index in [0.717, 1.165) is 136 Å². The number of furan rings is 2. The van der Waals surface area contributed by atoms with Crippen molar-refractivity contribution in [2.45, 2.75) is 0 Å². The monoisotopic (exact) mass is 1430 g/mol. The van der Waals surface area contributed by atoms with E-state index in [0.29, 0.717) is 34.9 Å². The molecule has 0 N–H and O–H groups in total. The Kier molecular flexibility index (Phi) is 14.8. The van der Waals surface area contributed by atoms with Crippen LogP contribution >= 0.6 is 45.3 Å². The fraction of sp³-hybridized carbons (Fsp3) is 0. The summed E-state index contributed by atoms with van der Waals surface area (Å²) in [5.41, 5.74) is 17.2. The second-order valence-electron chi connectivity index (χ2n) is 26.0. The van der Waals surface area contributed by atoms with Crippen LogP contribution in [0.3, 0.4) is 0 Å². The van der Waals surface area contributed by atoms with Gasteiger partial charge in [-0.2, -0.15) is 0 Å². The molecule has 10 nitrogen and oxygen atoms in total. The van der Waals surface area contributed by atoms with Gasteiger partial charge in [-0.1, -0.05) is 243 Å². The lowest BCUT2D eigenvalue weighted by molar-refractivity contribution is 0.669. The maximum Gasteiger partial charge on any atom is 0.165 e. The highest BCUT2D eigenvalue weighted by molar-refractivity contribution is 7.26. The lowest BCUT2D eigenvalue weighted by atomic mass is 9.99. The van der Waals surface area contributed by atoms with Gasteiger partial charge in [0.25, 0.3) is 0 Å². The van der Waals surface area contributed by atoms with Crippen LogP contribution in [-0.4, -0.2) is 39.9 Å². The van der Waals surface area contributed by atoms with E-state index >= 15 is 0 Å². The first-order chi connectivity index (χ1) is 52.5. The van der Waals surface area contributed by atoms with Crippen molar-refractivity contribution in [2.75, 3.05) is 0 Å². The van der Waals surface area contributed by atoms with Gasteiger partial charge in [-0.25, -0.2) is 39.9 Å². The number of hydrogen-bond donors (Lipinski definition) is 0. The lowest BCUT2D eigenvalue weighted by Gasteiger charge is -2.10. The number of fused-ring (bicyclic) bond motifs is 14.